The third-order valence-corrected chi connectivity index (χ3v) is 3.07. The number of aliphatic hydroxyl groups is 1. The topological polar surface area (TPSA) is 66.4 Å². The molecule has 1 unspecified atom stereocenters. The molecule has 0 aromatic heterocycles. The van der Waals surface area contributed by atoms with Crippen LogP contribution in [-0.2, 0) is 10.0 Å². The van der Waals surface area contributed by atoms with Gasteiger partial charge in [0, 0.05) is 19.0 Å². The summed E-state index contributed by atoms with van der Waals surface area (Å²) in [7, 11) is -3.23. The molecule has 0 saturated carbocycles. The SMILES string of the molecule is CC(CO)CNS(=O)(=O)CCCl. The molecule has 0 radical (unpaired) electrons. The highest BCUT2D eigenvalue weighted by Crippen LogP contribution is 1.92. The van der Waals surface area contributed by atoms with Crippen LogP contribution in [0.1, 0.15) is 6.92 Å². The van der Waals surface area contributed by atoms with Gasteiger partial charge in [-0.25, -0.2) is 13.1 Å². The quantitative estimate of drug-likeness (QED) is 0.602. The van der Waals surface area contributed by atoms with Crippen LogP contribution >= 0.6 is 11.6 Å². The molecule has 0 aromatic rings. The lowest BCUT2D eigenvalue weighted by molar-refractivity contribution is 0.238. The van der Waals surface area contributed by atoms with E-state index >= 15 is 0 Å². The Hall–Kier alpha value is 0.160. The number of hydrogen-bond donors (Lipinski definition) is 2. The highest BCUT2D eigenvalue weighted by Gasteiger charge is 2.10. The van der Waals surface area contributed by atoms with Crippen molar-refractivity contribution in [1.29, 1.82) is 0 Å². The van der Waals surface area contributed by atoms with E-state index < -0.39 is 10.0 Å². The molecule has 0 aliphatic rings. The molecule has 6 heteroatoms. The van der Waals surface area contributed by atoms with Crippen molar-refractivity contribution < 1.29 is 13.5 Å². The maximum Gasteiger partial charge on any atom is 0.212 e. The number of aliphatic hydroxyl groups excluding tert-OH is 1. The Balaban J connectivity index is 3.76. The van der Waals surface area contributed by atoms with Crippen LogP contribution in [0.25, 0.3) is 0 Å². The van der Waals surface area contributed by atoms with Gasteiger partial charge in [0.1, 0.15) is 0 Å². The zero-order valence-electron chi connectivity index (χ0n) is 6.96. The molecule has 0 fully saturated rings. The van der Waals surface area contributed by atoms with Crippen molar-refractivity contribution in [2.24, 2.45) is 5.92 Å². The molecule has 0 bridgehead atoms. The first-order valence-electron chi connectivity index (χ1n) is 3.66. The molecule has 0 spiro atoms. The average molecular weight is 216 g/mol. The van der Waals surface area contributed by atoms with Crippen molar-refractivity contribution in [3.8, 4) is 0 Å². The fourth-order valence-electron chi connectivity index (χ4n) is 0.508. The molecule has 0 aliphatic heterocycles. The van der Waals surface area contributed by atoms with Gasteiger partial charge in [-0.05, 0) is 5.92 Å². The van der Waals surface area contributed by atoms with E-state index in [1.807, 2.05) is 0 Å². The Morgan fingerprint density at radius 3 is 2.58 bits per heavy atom. The highest BCUT2D eigenvalue weighted by atomic mass is 35.5. The number of halogens is 1. The normalized spacial score (nSPS) is 14.6. The molecule has 0 aliphatic carbocycles. The number of alkyl halides is 1. The van der Waals surface area contributed by atoms with Crippen molar-refractivity contribution in [1.82, 2.24) is 4.72 Å². The molecule has 4 nitrogen and oxygen atoms in total. The molecule has 74 valence electrons. The Morgan fingerprint density at radius 2 is 2.17 bits per heavy atom. The van der Waals surface area contributed by atoms with Crippen molar-refractivity contribution in [3.05, 3.63) is 0 Å². The summed E-state index contributed by atoms with van der Waals surface area (Å²) in [4.78, 5) is 0. The first kappa shape index (κ1) is 12.2. The fraction of sp³-hybridized carbons (Fsp3) is 1.00. The largest absolute Gasteiger partial charge is 0.396 e. The van der Waals surface area contributed by atoms with Gasteiger partial charge in [-0.2, -0.15) is 0 Å². The van der Waals surface area contributed by atoms with E-state index in [1.165, 1.54) is 0 Å². The third kappa shape index (κ3) is 5.77. The van der Waals surface area contributed by atoms with Crippen LogP contribution in [0.4, 0.5) is 0 Å². The van der Waals surface area contributed by atoms with Gasteiger partial charge >= 0.3 is 0 Å². The van der Waals surface area contributed by atoms with Crippen LogP contribution in [0.15, 0.2) is 0 Å². The second kappa shape index (κ2) is 5.75. The minimum Gasteiger partial charge on any atom is -0.396 e. The summed E-state index contributed by atoms with van der Waals surface area (Å²) in [5.74, 6) is -0.0506. The number of rotatable bonds is 6. The first-order chi connectivity index (χ1) is 5.52. The van der Waals surface area contributed by atoms with Crippen LogP contribution in [0.3, 0.4) is 0 Å². The van der Waals surface area contributed by atoms with Gasteiger partial charge in [-0.1, -0.05) is 6.92 Å². The van der Waals surface area contributed by atoms with Crippen LogP contribution in [0.2, 0.25) is 0 Å². The molecule has 0 amide bonds. The summed E-state index contributed by atoms with van der Waals surface area (Å²) in [5, 5.41) is 8.60. The zero-order valence-corrected chi connectivity index (χ0v) is 8.53. The number of hydrogen-bond acceptors (Lipinski definition) is 3. The van der Waals surface area contributed by atoms with Crippen LogP contribution < -0.4 is 4.72 Å². The van der Waals surface area contributed by atoms with E-state index in [9.17, 15) is 8.42 Å². The van der Waals surface area contributed by atoms with Crippen molar-refractivity contribution in [2.45, 2.75) is 6.92 Å². The van der Waals surface area contributed by atoms with E-state index in [0.29, 0.717) is 0 Å². The molecular weight excluding hydrogens is 202 g/mol. The van der Waals surface area contributed by atoms with E-state index in [1.54, 1.807) is 6.92 Å². The van der Waals surface area contributed by atoms with Crippen LogP contribution in [0, 0.1) is 5.92 Å². The number of nitrogens with one attached hydrogen (secondary N) is 1. The molecule has 12 heavy (non-hydrogen) atoms. The highest BCUT2D eigenvalue weighted by molar-refractivity contribution is 7.89. The van der Waals surface area contributed by atoms with E-state index in [2.05, 4.69) is 4.72 Å². The van der Waals surface area contributed by atoms with E-state index in [0.717, 1.165) is 0 Å². The monoisotopic (exact) mass is 215 g/mol. The van der Waals surface area contributed by atoms with Gasteiger partial charge in [0.15, 0.2) is 0 Å². The second-order valence-electron chi connectivity index (χ2n) is 2.64. The zero-order chi connectivity index (χ0) is 9.61. The minimum absolute atomic E-state index is 0.0244. The smallest absolute Gasteiger partial charge is 0.212 e. The maximum absolute atomic E-state index is 11.0. The molecule has 2 N–H and O–H groups in total. The molecule has 1 atom stereocenters. The predicted octanol–water partition coefficient (Wildman–Crippen LogP) is -0.227. The predicted molar refractivity (Wildman–Crippen MR) is 48.8 cm³/mol. The Morgan fingerprint density at radius 1 is 1.58 bits per heavy atom. The van der Waals surface area contributed by atoms with Crippen LogP contribution in [-0.4, -0.2) is 38.3 Å². The summed E-state index contributed by atoms with van der Waals surface area (Å²) < 4.78 is 24.3. The molecule has 0 rings (SSSR count). The molecular formula is C6H14ClNO3S. The molecule has 0 heterocycles. The average Bonchev–Trinajstić information content (AvgIpc) is 2.00. The van der Waals surface area contributed by atoms with E-state index in [-0.39, 0.29) is 30.7 Å². The third-order valence-electron chi connectivity index (χ3n) is 1.31. The first-order valence-corrected chi connectivity index (χ1v) is 5.84. The van der Waals surface area contributed by atoms with Crippen molar-refractivity contribution in [3.63, 3.8) is 0 Å². The molecule has 0 saturated heterocycles. The lowest BCUT2D eigenvalue weighted by atomic mass is 10.2. The summed E-state index contributed by atoms with van der Waals surface area (Å²) in [6.07, 6.45) is 0. The van der Waals surface area contributed by atoms with Gasteiger partial charge in [-0.3, -0.25) is 0 Å². The Kier molecular flexibility index (Phi) is 5.82. The molecule has 0 aromatic carbocycles. The van der Waals surface area contributed by atoms with Crippen molar-refractivity contribution in [2.75, 3.05) is 24.8 Å². The second-order valence-corrected chi connectivity index (χ2v) is 4.95. The van der Waals surface area contributed by atoms with E-state index in [4.69, 9.17) is 16.7 Å². The lowest BCUT2D eigenvalue weighted by Gasteiger charge is -2.08. The minimum atomic E-state index is -3.23. The summed E-state index contributed by atoms with van der Waals surface area (Å²) in [6, 6.07) is 0. The van der Waals surface area contributed by atoms with Gasteiger partial charge in [0.25, 0.3) is 0 Å². The number of sulfonamides is 1. The Bertz CT molecular complexity index is 205. The van der Waals surface area contributed by atoms with Crippen molar-refractivity contribution >= 4 is 21.6 Å². The fourth-order valence-corrected chi connectivity index (χ4v) is 2.00. The Labute approximate surface area is 78.0 Å². The van der Waals surface area contributed by atoms with Gasteiger partial charge < -0.3 is 5.11 Å². The maximum atomic E-state index is 11.0. The standard InChI is InChI=1S/C6H14ClNO3S/c1-6(5-9)4-8-12(10,11)3-2-7/h6,8-9H,2-5H2,1H3. The summed E-state index contributed by atoms with van der Waals surface area (Å²) >= 11 is 5.27. The van der Waals surface area contributed by atoms with Gasteiger partial charge in [0.2, 0.25) is 10.0 Å². The summed E-state index contributed by atoms with van der Waals surface area (Å²) in [5.41, 5.74) is 0. The van der Waals surface area contributed by atoms with Gasteiger partial charge in [0.05, 0.1) is 5.75 Å². The van der Waals surface area contributed by atoms with Gasteiger partial charge in [-0.15, -0.1) is 11.6 Å². The van der Waals surface area contributed by atoms with Crippen LogP contribution in [0.5, 0.6) is 0 Å². The summed E-state index contributed by atoms with van der Waals surface area (Å²) in [6.45, 7) is 1.99. The lowest BCUT2D eigenvalue weighted by Crippen LogP contribution is -2.31.